The Balaban J connectivity index is 1.69. The predicted molar refractivity (Wildman–Crippen MR) is 109 cm³/mol. The fraction of sp³-hybridized carbons (Fsp3) is 0.579. The van der Waals surface area contributed by atoms with E-state index in [0.717, 1.165) is 44.2 Å². The number of non-ortho nitro benzene ring substituents is 1. The van der Waals surface area contributed by atoms with Crippen LogP contribution in [0.1, 0.15) is 48.9 Å². The van der Waals surface area contributed by atoms with Crippen molar-refractivity contribution in [2.75, 3.05) is 23.8 Å². The molecule has 1 heterocycles. The number of hydrogen-bond acceptors (Lipinski definition) is 8. The first-order valence-electron chi connectivity index (χ1n) is 9.90. The van der Waals surface area contributed by atoms with Crippen molar-refractivity contribution in [3.8, 4) is 0 Å². The second kappa shape index (κ2) is 8.99. The Labute approximate surface area is 174 Å². The number of nitro groups is 1. The first-order valence-corrected chi connectivity index (χ1v) is 11.7. The van der Waals surface area contributed by atoms with Crippen molar-refractivity contribution in [2.24, 2.45) is 0 Å². The van der Waals surface area contributed by atoms with Gasteiger partial charge in [-0.3, -0.25) is 14.9 Å². The topological polar surface area (TPSA) is 150 Å². The molecule has 1 atom stereocenters. The number of benzene rings is 1. The minimum atomic E-state index is -3.18. The van der Waals surface area contributed by atoms with Gasteiger partial charge in [-0.15, -0.1) is 0 Å². The van der Waals surface area contributed by atoms with Gasteiger partial charge in [0.2, 0.25) is 0 Å². The maximum atomic E-state index is 12.9. The molecule has 11 heteroatoms. The van der Waals surface area contributed by atoms with Crippen LogP contribution < -0.4 is 5.73 Å². The summed E-state index contributed by atoms with van der Waals surface area (Å²) in [5.41, 5.74) is 5.26. The molecule has 1 amide bonds. The molecule has 1 aliphatic heterocycles. The molecule has 1 saturated carbocycles. The summed E-state index contributed by atoms with van der Waals surface area (Å²) in [6, 6.07) is 2.90. The Morgan fingerprint density at radius 3 is 2.43 bits per heavy atom. The molecule has 1 saturated heterocycles. The molecule has 0 bridgehead atoms. The van der Waals surface area contributed by atoms with Gasteiger partial charge in [-0.1, -0.05) is 19.3 Å². The maximum Gasteiger partial charge on any atom is 0.340 e. The lowest BCUT2D eigenvalue weighted by Gasteiger charge is -2.38. The van der Waals surface area contributed by atoms with E-state index in [1.165, 1.54) is 6.07 Å². The van der Waals surface area contributed by atoms with Gasteiger partial charge in [-0.2, -0.15) is 0 Å². The number of amides is 1. The zero-order chi connectivity index (χ0) is 21.9. The van der Waals surface area contributed by atoms with Crippen LogP contribution >= 0.6 is 0 Å². The molecule has 2 fully saturated rings. The number of sulfone groups is 1. The molecule has 2 aliphatic rings. The Morgan fingerprint density at radius 2 is 1.87 bits per heavy atom. The summed E-state index contributed by atoms with van der Waals surface area (Å²) in [6.07, 6.45) is 4.99. The van der Waals surface area contributed by atoms with Gasteiger partial charge in [0, 0.05) is 24.2 Å². The zero-order valence-corrected chi connectivity index (χ0v) is 17.3. The van der Waals surface area contributed by atoms with Crippen LogP contribution in [0.15, 0.2) is 18.2 Å². The van der Waals surface area contributed by atoms with Gasteiger partial charge >= 0.3 is 5.97 Å². The van der Waals surface area contributed by atoms with Gasteiger partial charge in [0.05, 0.1) is 27.7 Å². The molecule has 10 nitrogen and oxygen atoms in total. The number of nitrogens with zero attached hydrogens (tertiary/aromatic N) is 2. The highest BCUT2D eigenvalue weighted by atomic mass is 32.2. The number of carbonyl (C=O) groups is 2. The highest BCUT2D eigenvalue weighted by Gasteiger charge is 2.38. The molecule has 1 aliphatic carbocycles. The van der Waals surface area contributed by atoms with Gasteiger partial charge in [0.15, 0.2) is 16.4 Å². The van der Waals surface area contributed by atoms with Gasteiger partial charge in [0.25, 0.3) is 11.6 Å². The molecular weight excluding hydrogens is 414 g/mol. The standard InChI is InChI=1S/C19H25N3O7S/c20-17-10-14(22(25)26)6-7-16(17)19(24)29-11-18(23)21(13-4-2-1-3-5-13)15-8-9-30(27,28)12-15/h6-7,10,13,15H,1-5,8-9,11-12,20H2. The molecule has 0 spiro atoms. The molecule has 2 N–H and O–H groups in total. The molecular formula is C19H25N3O7S. The van der Waals surface area contributed by atoms with E-state index in [1.807, 2.05) is 0 Å². The quantitative estimate of drug-likeness (QED) is 0.304. The fourth-order valence-electron chi connectivity index (χ4n) is 4.19. The number of nitro benzene ring substituents is 1. The lowest BCUT2D eigenvalue weighted by atomic mass is 9.93. The van der Waals surface area contributed by atoms with Crippen LogP contribution in [-0.2, 0) is 19.4 Å². The Morgan fingerprint density at radius 1 is 1.17 bits per heavy atom. The average molecular weight is 439 g/mol. The Kier molecular flexibility index (Phi) is 6.59. The van der Waals surface area contributed by atoms with Crippen molar-refractivity contribution in [3.05, 3.63) is 33.9 Å². The van der Waals surface area contributed by atoms with Crippen LogP contribution in [-0.4, -0.2) is 60.3 Å². The van der Waals surface area contributed by atoms with Gasteiger partial charge in [-0.25, -0.2) is 13.2 Å². The number of anilines is 1. The molecule has 0 radical (unpaired) electrons. The third kappa shape index (κ3) is 5.07. The number of esters is 1. The summed E-state index contributed by atoms with van der Waals surface area (Å²) in [7, 11) is -3.18. The molecule has 30 heavy (non-hydrogen) atoms. The average Bonchev–Trinajstić information content (AvgIpc) is 3.06. The second-order valence-electron chi connectivity index (χ2n) is 7.75. The maximum absolute atomic E-state index is 12.9. The normalized spacial score (nSPS) is 21.1. The van der Waals surface area contributed by atoms with E-state index >= 15 is 0 Å². The highest BCUT2D eigenvalue weighted by molar-refractivity contribution is 7.91. The monoisotopic (exact) mass is 439 g/mol. The van der Waals surface area contributed by atoms with E-state index in [1.54, 1.807) is 4.90 Å². The summed E-state index contributed by atoms with van der Waals surface area (Å²) >= 11 is 0. The van der Waals surface area contributed by atoms with E-state index in [-0.39, 0.29) is 34.5 Å². The second-order valence-corrected chi connectivity index (χ2v) is 9.98. The lowest BCUT2D eigenvalue weighted by Crippen LogP contribution is -2.50. The van der Waals surface area contributed by atoms with E-state index in [4.69, 9.17) is 10.5 Å². The molecule has 1 aromatic rings. The first kappa shape index (κ1) is 22.0. The van der Waals surface area contributed by atoms with Crippen molar-refractivity contribution in [2.45, 2.75) is 50.6 Å². The van der Waals surface area contributed by atoms with Crippen LogP contribution in [0, 0.1) is 10.1 Å². The molecule has 1 aromatic carbocycles. The van der Waals surface area contributed by atoms with E-state index < -0.39 is 39.3 Å². The number of hydrogen-bond donors (Lipinski definition) is 1. The molecule has 0 aromatic heterocycles. The third-order valence-electron chi connectivity index (χ3n) is 5.65. The number of nitrogen functional groups attached to an aromatic ring is 1. The molecule has 3 rings (SSSR count). The van der Waals surface area contributed by atoms with Crippen molar-refractivity contribution in [3.63, 3.8) is 0 Å². The Bertz CT molecular complexity index is 941. The minimum Gasteiger partial charge on any atom is -0.452 e. The summed E-state index contributed by atoms with van der Waals surface area (Å²) in [6.45, 7) is -0.539. The Hall–Kier alpha value is -2.69. The predicted octanol–water partition coefficient (Wildman–Crippen LogP) is 1.68. The van der Waals surface area contributed by atoms with Crippen molar-refractivity contribution in [1.29, 1.82) is 0 Å². The summed E-state index contributed by atoms with van der Waals surface area (Å²) in [5.74, 6) is -1.32. The first-order chi connectivity index (χ1) is 14.2. The van der Waals surface area contributed by atoms with E-state index in [9.17, 15) is 28.1 Å². The van der Waals surface area contributed by atoms with Crippen LogP contribution in [0.3, 0.4) is 0 Å². The molecule has 1 unspecified atom stereocenters. The lowest BCUT2D eigenvalue weighted by molar-refractivity contribution is -0.384. The van der Waals surface area contributed by atoms with E-state index in [0.29, 0.717) is 6.42 Å². The third-order valence-corrected chi connectivity index (χ3v) is 7.40. The van der Waals surface area contributed by atoms with Crippen molar-refractivity contribution >= 4 is 33.1 Å². The zero-order valence-electron chi connectivity index (χ0n) is 16.5. The molecule has 164 valence electrons. The minimum absolute atomic E-state index is 0.0489. The highest BCUT2D eigenvalue weighted by Crippen LogP contribution is 2.28. The largest absolute Gasteiger partial charge is 0.452 e. The van der Waals surface area contributed by atoms with Gasteiger partial charge in [0.1, 0.15) is 0 Å². The summed E-state index contributed by atoms with van der Waals surface area (Å²) < 4.78 is 29.0. The van der Waals surface area contributed by atoms with Gasteiger partial charge in [-0.05, 0) is 25.3 Å². The number of carbonyl (C=O) groups excluding carboxylic acids is 2. The SMILES string of the molecule is Nc1cc([N+](=O)[O-])ccc1C(=O)OCC(=O)N(C1CCCCC1)C1CCS(=O)(=O)C1. The number of nitrogens with two attached hydrogens (primary N) is 1. The van der Waals surface area contributed by atoms with Crippen LogP contribution in [0.4, 0.5) is 11.4 Å². The van der Waals surface area contributed by atoms with E-state index in [2.05, 4.69) is 0 Å². The van der Waals surface area contributed by atoms with Crippen LogP contribution in [0.25, 0.3) is 0 Å². The summed E-state index contributed by atoms with van der Waals surface area (Å²) in [5, 5.41) is 10.8. The fourth-order valence-corrected chi connectivity index (χ4v) is 5.90. The summed E-state index contributed by atoms with van der Waals surface area (Å²) in [4.78, 5) is 37.0. The van der Waals surface area contributed by atoms with Crippen molar-refractivity contribution in [1.82, 2.24) is 4.90 Å². The smallest absolute Gasteiger partial charge is 0.340 e. The number of rotatable bonds is 6. The van der Waals surface area contributed by atoms with Gasteiger partial charge < -0.3 is 15.4 Å². The van der Waals surface area contributed by atoms with Crippen molar-refractivity contribution < 1.29 is 27.7 Å². The van der Waals surface area contributed by atoms with Crippen LogP contribution in [0.5, 0.6) is 0 Å². The number of ether oxygens (including phenoxy) is 1. The van der Waals surface area contributed by atoms with Crippen LogP contribution in [0.2, 0.25) is 0 Å².